The Bertz CT molecular complexity index is 986. The number of hydrogen-bond donors (Lipinski definition) is 1. The van der Waals surface area contributed by atoms with Gasteiger partial charge in [0.05, 0.1) is 14.2 Å². The molecule has 0 unspecified atom stereocenters. The van der Waals surface area contributed by atoms with E-state index >= 15 is 0 Å². The number of thioether (sulfide) groups is 1. The van der Waals surface area contributed by atoms with Gasteiger partial charge in [-0.1, -0.05) is 6.07 Å². The predicted molar refractivity (Wildman–Crippen MR) is 136 cm³/mol. The van der Waals surface area contributed by atoms with Crippen LogP contribution in [0.4, 0.5) is 5.69 Å². The van der Waals surface area contributed by atoms with Crippen LogP contribution in [0.3, 0.4) is 0 Å². The maximum Gasteiger partial charge on any atom is 0.248 e. The van der Waals surface area contributed by atoms with Crippen molar-refractivity contribution in [3.05, 3.63) is 53.6 Å². The first-order valence-corrected chi connectivity index (χ1v) is 12.6. The number of methoxy groups -OCH3 is 2. The zero-order chi connectivity index (χ0) is 23.0. The summed E-state index contributed by atoms with van der Waals surface area (Å²) in [4.78, 5) is 18.7. The Morgan fingerprint density at radius 1 is 1.00 bits per heavy atom. The lowest BCUT2D eigenvalue weighted by molar-refractivity contribution is -0.117. The van der Waals surface area contributed by atoms with Gasteiger partial charge in [0.2, 0.25) is 5.91 Å². The molecule has 1 amide bonds. The molecule has 0 bridgehead atoms. The zero-order valence-electron chi connectivity index (χ0n) is 19.5. The fourth-order valence-corrected chi connectivity index (χ4v) is 5.20. The second kappa shape index (κ2) is 11.5. The second-order valence-corrected chi connectivity index (χ2v) is 9.37. The molecule has 33 heavy (non-hydrogen) atoms. The summed E-state index contributed by atoms with van der Waals surface area (Å²) in [6.07, 6.45) is 4.07. The molecule has 0 radical (unpaired) electrons. The first kappa shape index (κ1) is 23.5. The molecule has 1 saturated heterocycles. The topological polar surface area (TPSA) is 54.0 Å². The number of ether oxygens (including phenoxy) is 2. The highest BCUT2D eigenvalue weighted by Gasteiger charge is 2.18. The molecule has 0 atom stereocenters. The highest BCUT2D eigenvalue weighted by atomic mass is 32.2. The molecule has 4 rings (SSSR count). The first-order valence-electron chi connectivity index (χ1n) is 11.6. The van der Waals surface area contributed by atoms with Crippen LogP contribution < -0.4 is 19.7 Å². The molecule has 2 aliphatic rings. The molecule has 2 aliphatic heterocycles. The Morgan fingerprint density at radius 3 is 2.58 bits per heavy atom. The van der Waals surface area contributed by atoms with Crippen LogP contribution in [0, 0.1) is 0 Å². The number of nitrogens with zero attached hydrogens (tertiary/aromatic N) is 2. The summed E-state index contributed by atoms with van der Waals surface area (Å²) in [6.45, 7) is 5.99. The van der Waals surface area contributed by atoms with E-state index < -0.39 is 0 Å². The highest BCUT2D eigenvalue weighted by Crippen LogP contribution is 2.34. The molecule has 0 aliphatic carbocycles. The molecular weight excluding hydrogens is 434 g/mol. The van der Waals surface area contributed by atoms with Crippen molar-refractivity contribution < 1.29 is 14.3 Å². The first-order chi connectivity index (χ1) is 16.2. The molecule has 1 N–H and O–H groups in total. The van der Waals surface area contributed by atoms with E-state index in [0.717, 1.165) is 74.7 Å². The van der Waals surface area contributed by atoms with Crippen LogP contribution >= 0.6 is 11.8 Å². The SMILES string of the molecule is COc1cccc(N2CCN(CCCCNC(=O)C3=Cc4cc(OC)ccc4SC3)CC2)c1. The normalized spacial score (nSPS) is 16.1. The molecule has 2 heterocycles. The minimum atomic E-state index is 0.0443. The minimum Gasteiger partial charge on any atom is -0.497 e. The molecule has 176 valence electrons. The van der Waals surface area contributed by atoms with Crippen LogP contribution in [-0.2, 0) is 4.79 Å². The van der Waals surface area contributed by atoms with E-state index in [-0.39, 0.29) is 5.91 Å². The quantitative estimate of drug-likeness (QED) is 0.565. The van der Waals surface area contributed by atoms with Crippen molar-refractivity contribution in [3.8, 4) is 11.5 Å². The highest BCUT2D eigenvalue weighted by molar-refractivity contribution is 7.99. The minimum absolute atomic E-state index is 0.0443. The molecule has 0 spiro atoms. The van der Waals surface area contributed by atoms with Crippen molar-refractivity contribution in [1.29, 1.82) is 0 Å². The Morgan fingerprint density at radius 2 is 1.79 bits per heavy atom. The summed E-state index contributed by atoms with van der Waals surface area (Å²) in [6, 6.07) is 14.3. The number of benzene rings is 2. The smallest absolute Gasteiger partial charge is 0.248 e. The van der Waals surface area contributed by atoms with Gasteiger partial charge in [0.1, 0.15) is 11.5 Å². The second-order valence-electron chi connectivity index (χ2n) is 8.36. The van der Waals surface area contributed by atoms with Crippen molar-refractivity contribution in [2.24, 2.45) is 0 Å². The van der Waals surface area contributed by atoms with Gasteiger partial charge in [-0.15, -0.1) is 11.8 Å². The number of anilines is 1. The number of nitrogens with one attached hydrogen (secondary N) is 1. The van der Waals surface area contributed by atoms with Crippen LogP contribution in [0.25, 0.3) is 6.08 Å². The van der Waals surface area contributed by atoms with Crippen LogP contribution in [-0.4, -0.2) is 70.0 Å². The molecule has 0 aromatic heterocycles. The fraction of sp³-hybridized carbons (Fsp3) is 0.423. The van der Waals surface area contributed by atoms with Crippen molar-refractivity contribution in [2.75, 3.05) is 64.1 Å². The van der Waals surface area contributed by atoms with Crippen molar-refractivity contribution in [3.63, 3.8) is 0 Å². The van der Waals surface area contributed by atoms with E-state index in [1.165, 1.54) is 10.6 Å². The van der Waals surface area contributed by atoms with E-state index in [1.54, 1.807) is 26.0 Å². The third kappa shape index (κ3) is 6.24. The van der Waals surface area contributed by atoms with Gasteiger partial charge >= 0.3 is 0 Å². The third-order valence-corrected chi connectivity index (χ3v) is 7.34. The number of carbonyl (C=O) groups excluding carboxylic acids is 1. The van der Waals surface area contributed by atoms with E-state index in [4.69, 9.17) is 9.47 Å². The van der Waals surface area contributed by atoms with Crippen molar-refractivity contribution in [2.45, 2.75) is 17.7 Å². The predicted octanol–water partition coefficient (Wildman–Crippen LogP) is 3.91. The lowest BCUT2D eigenvalue weighted by Crippen LogP contribution is -2.46. The van der Waals surface area contributed by atoms with Gasteiger partial charge in [-0.05, 0) is 61.4 Å². The number of rotatable bonds is 9. The summed E-state index contributed by atoms with van der Waals surface area (Å²) in [7, 11) is 3.37. The van der Waals surface area contributed by atoms with Gasteiger partial charge in [0.15, 0.2) is 0 Å². The lowest BCUT2D eigenvalue weighted by atomic mass is 10.1. The van der Waals surface area contributed by atoms with Gasteiger partial charge < -0.3 is 19.7 Å². The molecule has 1 fully saturated rings. The summed E-state index contributed by atoms with van der Waals surface area (Å²) < 4.78 is 10.7. The molecule has 2 aromatic carbocycles. The van der Waals surface area contributed by atoms with E-state index in [2.05, 4.69) is 33.3 Å². The summed E-state index contributed by atoms with van der Waals surface area (Å²) in [5.74, 6) is 2.48. The maximum atomic E-state index is 12.6. The van der Waals surface area contributed by atoms with Gasteiger partial charge in [0, 0.05) is 60.7 Å². The fourth-order valence-electron chi connectivity index (χ4n) is 4.23. The van der Waals surface area contributed by atoms with Crippen LogP contribution in [0.5, 0.6) is 11.5 Å². The molecular formula is C26H33N3O3S. The standard InChI is InChI=1S/C26H33N3O3S/c1-31-23-7-5-6-22(18-23)29-14-12-28(13-15-29)11-4-3-10-27-26(30)21-16-20-17-24(32-2)8-9-25(20)33-19-21/h5-9,16-18H,3-4,10-15,19H2,1-2H3,(H,27,30). The molecule has 0 saturated carbocycles. The number of piperazine rings is 1. The summed E-state index contributed by atoms with van der Waals surface area (Å²) in [5.41, 5.74) is 3.12. The van der Waals surface area contributed by atoms with Gasteiger partial charge in [-0.2, -0.15) is 0 Å². The van der Waals surface area contributed by atoms with E-state index in [1.807, 2.05) is 30.3 Å². The number of hydrogen-bond acceptors (Lipinski definition) is 6. The number of unbranched alkanes of at least 4 members (excludes halogenated alkanes) is 1. The molecule has 6 nitrogen and oxygen atoms in total. The average Bonchev–Trinajstić information content (AvgIpc) is 2.88. The summed E-state index contributed by atoms with van der Waals surface area (Å²) in [5, 5.41) is 3.10. The number of fused-ring (bicyclic) bond motifs is 1. The monoisotopic (exact) mass is 467 g/mol. The van der Waals surface area contributed by atoms with E-state index in [0.29, 0.717) is 5.75 Å². The molecule has 2 aromatic rings. The Hall–Kier alpha value is -2.64. The lowest BCUT2D eigenvalue weighted by Gasteiger charge is -2.36. The van der Waals surface area contributed by atoms with Gasteiger partial charge in [-0.25, -0.2) is 0 Å². The Kier molecular flexibility index (Phi) is 8.18. The Balaban J connectivity index is 1.15. The van der Waals surface area contributed by atoms with Gasteiger partial charge in [0.25, 0.3) is 0 Å². The third-order valence-electron chi connectivity index (χ3n) is 6.20. The van der Waals surface area contributed by atoms with E-state index in [9.17, 15) is 4.79 Å². The summed E-state index contributed by atoms with van der Waals surface area (Å²) >= 11 is 1.71. The molecule has 7 heteroatoms. The van der Waals surface area contributed by atoms with Gasteiger partial charge in [-0.3, -0.25) is 9.69 Å². The number of carbonyl (C=O) groups is 1. The number of amides is 1. The zero-order valence-corrected chi connectivity index (χ0v) is 20.3. The van der Waals surface area contributed by atoms with Crippen LogP contribution in [0.1, 0.15) is 18.4 Å². The largest absolute Gasteiger partial charge is 0.497 e. The van der Waals surface area contributed by atoms with Crippen LogP contribution in [0.2, 0.25) is 0 Å². The van der Waals surface area contributed by atoms with Crippen molar-refractivity contribution in [1.82, 2.24) is 10.2 Å². The maximum absolute atomic E-state index is 12.6. The van der Waals surface area contributed by atoms with Crippen LogP contribution in [0.15, 0.2) is 52.9 Å². The van der Waals surface area contributed by atoms with Crippen molar-refractivity contribution >= 4 is 29.4 Å². The Labute approximate surface area is 200 Å². The average molecular weight is 468 g/mol.